The number of nitrogens with one attached hydrogen (secondary N) is 1. The maximum Gasteiger partial charge on any atom is 0.227 e. The van der Waals surface area contributed by atoms with Gasteiger partial charge in [-0.25, -0.2) is 0 Å². The van der Waals surface area contributed by atoms with Crippen LogP contribution in [0.15, 0.2) is 29.0 Å². The van der Waals surface area contributed by atoms with Gasteiger partial charge in [0.15, 0.2) is 0 Å². The standard InChI is InChI=1S/C16H20N4O2.ClH/c1-11-14(12(2)22-19-11)8-16(21)20-7-6-18-10-15(20)13-4-3-5-17-9-13;/h3-5,9,15,18H,6-8,10H2,1-2H3;1H. The van der Waals surface area contributed by atoms with Crippen LogP contribution >= 0.6 is 12.4 Å². The molecule has 1 amide bonds. The number of pyridine rings is 1. The number of amides is 1. The van der Waals surface area contributed by atoms with Crippen LogP contribution in [0, 0.1) is 13.8 Å². The van der Waals surface area contributed by atoms with Crippen molar-refractivity contribution in [1.82, 2.24) is 20.4 Å². The maximum atomic E-state index is 12.8. The van der Waals surface area contributed by atoms with Gasteiger partial charge in [-0.2, -0.15) is 0 Å². The summed E-state index contributed by atoms with van der Waals surface area (Å²) in [6.07, 6.45) is 3.90. The molecule has 2 aromatic heterocycles. The Labute approximate surface area is 141 Å². The van der Waals surface area contributed by atoms with Crippen molar-refractivity contribution in [3.63, 3.8) is 0 Å². The first-order valence-electron chi connectivity index (χ1n) is 7.48. The fraction of sp³-hybridized carbons (Fsp3) is 0.438. The van der Waals surface area contributed by atoms with Gasteiger partial charge in [0.25, 0.3) is 0 Å². The van der Waals surface area contributed by atoms with Gasteiger partial charge in [0.05, 0.1) is 18.2 Å². The van der Waals surface area contributed by atoms with Crippen LogP contribution in [0.25, 0.3) is 0 Å². The van der Waals surface area contributed by atoms with E-state index in [2.05, 4.69) is 15.5 Å². The van der Waals surface area contributed by atoms with Gasteiger partial charge in [-0.3, -0.25) is 9.78 Å². The molecule has 124 valence electrons. The number of rotatable bonds is 3. The van der Waals surface area contributed by atoms with E-state index in [1.165, 1.54) is 0 Å². The van der Waals surface area contributed by atoms with Gasteiger partial charge in [-0.05, 0) is 25.5 Å². The van der Waals surface area contributed by atoms with E-state index in [1.807, 2.05) is 37.1 Å². The number of aryl methyl sites for hydroxylation is 2. The minimum absolute atomic E-state index is 0. The second-order valence-corrected chi connectivity index (χ2v) is 5.57. The number of piperazine rings is 1. The van der Waals surface area contributed by atoms with E-state index in [4.69, 9.17) is 4.52 Å². The molecule has 3 heterocycles. The summed E-state index contributed by atoms with van der Waals surface area (Å²) in [5.74, 6) is 0.823. The molecule has 1 atom stereocenters. The molecule has 0 bridgehead atoms. The van der Waals surface area contributed by atoms with Gasteiger partial charge >= 0.3 is 0 Å². The summed E-state index contributed by atoms with van der Waals surface area (Å²) in [5.41, 5.74) is 2.74. The average molecular weight is 337 g/mol. The number of aromatic nitrogens is 2. The zero-order valence-electron chi connectivity index (χ0n) is 13.3. The Balaban J connectivity index is 0.00000192. The number of hydrogen-bond donors (Lipinski definition) is 1. The van der Waals surface area contributed by atoms with E-state index < -0.39 is 0 Å². The zero-order valence-corrected chi connectivity index (χ0v) is 14.1. The summed E-state index contributed by atoms with van der Waals surface area (Å²) in [5, 5.41) is 7.27. The quantitative estimate of drug-likeness (QED) is 0.925. The fourth-order valence-corrected chi connectivity index (χ4v) is 2.88. The Morgan fingerprint density at radius 1 is 1.48 bits per heavy atom. The van der Waals surface area contributed by atoms with E-state index in [-0.39, 0.29) is 24.4 Å². The predicted molar refractivity (Wildman–Crippen MR) is 88.5 cm³/mol. The maximum absolute atomic E-state index is 12.8. The molecule has 1 aliphatic rings. The van der Waals surface area contributed by atoms with Crippen LogP contribution in [-0.2, 0) is 11.2 Å². The van der Waals surface area contributed by atoms with Crippen molar-refractivity contribution in [2.75, 3.05) is 19.6 Å². The van der Waals surface area contributed by atoms with Crippen LogP contribution in [0.4, 0.5) is 0 Å². The summed E-state index contributed by atoms with van der Waals surface area (Å²) in [7, 11) is 0. The smallest absolute Gasteiger partial charge is 0.227 e. The SMILES string of the molecule is Cc1noc(C)c1CC(=O)N1CCNCC1c1cccnc1.Cl. The molecule has 0 radical (unpaired) electrons. The predicted octanol–water partition coefficient (Wildman–Crippen LogP) is 1.82. The second kappa shape index (κ2) is 7.57. The molecule has 0 aliphatic carbocycles. The highest BCUT2D eigenvalue weighted by molar-refractivity contribution is 5.85. The van der Waals surface area contributed by atoms with Gasteiger partial charge in [0, 0.05) is 37.6 Å². The van der Waals surface area contributed by atoms with E-state index in [0.717, 1.165) is 35.7 Å². The van der Waals surface area contributed by atoms with Crippen LogP contribution in [0.5, 0.6) is 0 Å². The van der Waals surface area contributed by atoms with Crippen molar-refractivity contribution in [3.05, 3.63) is 47.1 Å². The van der Waals surface area contributed by atoms with Crippen molar-refractivity contribution in [2.24, 2.45) is 0 Å². The molecule has 3 rings (SSSR count). The molecule has 7 heteroatoms. The summed E-state index contributed by atoms with van der Waals surface area (Å²) in [4.78, 5) is 18.9. The highest BCUT2D eigenvalue weighted by atomic mass is 35.5. The largest absolute Gasteiger partial charge is 0.361 e. The molecule has 1 N–H and O–H groups in total. The van der Waals surface area contributed by atoms with Crippen molar-refractivity contribution in [3.8, 4) is 0 Å². The van der Waals surface area contributed by atoms with Crippen molar-refractivity contribution in [1.29, 1.82) is 0 Å². The topological polar surface area (TPSA) is 71.3 Å². The lowest BCUT2D eigenvalue weighted by molar-refractivity contribution is -0.133. The van der Waals surface area contributed by atoms with Crippen molar-refractivity contribution >= 4 is 18.3 Å². The first kappa shape index (κ1) is 17.4. The van der Waals surface area contributed by atoms with E-state index in [1.54, 1.807) is 6.20 Å². The number of carbonyl (C=O) groups is 1. The molecule has 2 aromatic rings. The lowest BCUT2D eigenvalue weighted by Gasteiger charge is -2.36. The second-order valence-electron chi connectivity index (χ2n) is 5.57. The van der Waals surface area contributed by atoms with Crippen molar-refractivity contribution in [2.45, 2.75) is 26.3 Å². The number of hydrogen-bond acceptors (Lipinski definition) is 5. The number of nitrogens with zero attached hydrogens (tertiary/aromatic N) is 3. The first-order chi connectivity index (χ1) is 10.7. The molecule has 0 aromatic carbocycles. The minimum atomic E-state index is 0. The summed E-state index contributed by atoms with van der Waals surface area (Å²) in [6.45, 7) is 5.97. The Kier molecular flexibility index (Phi) is 5.74. The van der Waals surface area contributed by atoms with Crippen LogP contribution < -0.4 is 5.32 Å². The average Bonchev–Trinajstić information content (AvgIpc) is 2.87. The van der Waals surface area contributed by atoms with E-state index >= 15 is 0 Å². The Bertz CT molecular complexity index is 640. The molecule has 1 aliphatic heterocycles. The lowest BCUT2D eigenvalue weighted by Crippen LogP contribution is -2.49. The van der Waals surface area contributed by atoms with Gasteiger partial charge in [-0.15, -0.1) is 12.4 Å². The van der Waals surface area contributed by atoms with Gasteiger partial charge in [0.2, 0.25) is 5.91 Å². The highest BCUT2D eigenvalue weighted by Crippen LogP contribution is 2.23. The molecule has 6 nitrogen and oxygen atoms in total. The molecule has 23 heavy (non-hydrogen) atoms. The van der Waals surface area contributed by atoms with Crippen LogP contribution in [0.1, 0.15) is 28.6 Å². The molecule has 0 saturated carbocycles. The molecule has 0 spiro atoms. The fourth-order valence-electron chi connectivity index (χ4n) is 2.88. The summed E-state index contributed by atoms with van der Waals surface area (Å²) < 4.78 is 5.15. The minimum Gasteiger partial charge on any atom is -0.361 e. The zero-order chi connectivity index (χ0) is 15.5. The third-order valence-electron chi connectivity index (χ3n) is 4.14. The normalized spacial score (nSPS) is 17.7. The highest BCUT2D eigenvalue weighted by Gasteiger charge is 2.29. The summed E-state index contributed by atoms with van der Waals surface area (Å²) >= 11 is 0. The Hall–Kier alpha value is -1.92. The van der Waals surface area contributed by atoms with Crippen molar-refractivity contribution < 1.29 is 9.32 Å². The molecule has 1 saturated heterocycles. The van der Waals surface area contributed by atoms with Crippen LogP contribution in [0.3, 0.4) is 0 Å². The molecule has 1 unspecified atom stereocenters. The number of carbonyl (C=O) groups excluding carboxylic acids is 1. The summed E-state index contributed by atoms with van der Waals surface area (Å²) in [6, 6.07) is 3.94. The van der Waals surface area contributed by atoms with Gasteiger partial charge in [-0.1, -0.05) is 11.2 Å². The van der Waals surface area contributed by atoms with E-state index in [0.29, 0.717) is 13.0 Å². The molecular formula is C16H21ClN4O2. The Morgan fingerprint density at radius 2 is 2.30 bits per heavy atom. The molecular weight excluding hydrogens is 316 g/mol. The van der Waals surface area contributed by atoms with Crippen LogP contribution in [-0.4, -0.2) is 40.6 Å². The number of halogens is 1. The lowest BCUT2D eigenvalue weighted by atomic mass is 10.0. The first-order valence-corrected chi connectivity index (χ1v) is 7.48. The third-order valence-corrected chi connectivity index (χ3v) is 4.14. The van der Waals surface area contributed by atoms with Gasteiger partial charge < -0.3 is 14.7 Å². The molecule has 1 fully saturated rings. The third kappa shape index (κ3) is 3.71. The van der Waals surface area contributed by atoms with Gasteiger partial charge in [0.1, 0.15) is 5.76 Å². The van der Waals surface area contributed by atoms with Crippen LogP contribution in [0.2, 0.25) is 0 Å². The monoisotopic (exact) mass is 336 g/mol. The Morgan fingerprint density at radius 3 is 2.96 bits per heavy atom. The van der Waals surface area contributed by atoms with E-state index in [9.17, 15) is 4.79 Å².